The average Bonchev–Trinajstić information content (AvgIpc) is 2.94. The predicted octanol–water partition coefficient (Wildman–Crippen LogP) is 2.33. The largest absolute Gasteiger partial charge is 0.361 e. The number of nitrogens with one attached hydrogen (secondary N) is 1. The average molecular weight is 249 g/mol. The molecule has 0 saturated carbocycles. The Hall–Kier alpha value is -1.85. The summed E-state index contributed by atoms with van der Waals surface area (Å²) < 4.78 is 4.96. The number of aromatic nitrogens is 3. The van der Waals surface area contributed by atoms with Gasteiger partial charge < -0.3 is 15.2 Å². The zero-order valence-corrected chi connectivity index (χ0v) is 9.53. The summed E-state index contributed by atoms with van der Waals surface area (Å²) in [5.74, 6) is 0.842. The van der Waals surface area contributed by atoms with Gasteiger partial charge in [-0.3, -0.25) is 0 Å². The van der Waals surface area contributed by atoms with Gasteiger partial charge >= 0.3 is 0 Å². The Balaban J connectivity index is 2.18. The molecule has 0 amide bonds. The molecule has 0 bridgehead atoms. The monoisotopic (exact) mass is 248 g/mol. The van der Waals surface area contributed by atoms with Crippen molar-refractivity contribution in [3.8, 4) is 11.4 Å². The lowest BCUT2D eigenvalue weighted by Gasteiger charge is -1.99. The first-order valence-corrected chi connectivity index (χ1v) is 5.45. The van der Waals surface area contributed by atoms with Crippen molar-refractivity contribution in [1.82, 2.24) is 15.1 Å². The summed E-state index contributed by atoms with van der Waals surface area (Å²) in [5.41, 5.74) is 7.12. The quantitative estimate of drug-likeness (QED) is 0.729. The number of nitrogens with zero attached hydrogens (tertiary/aromatic N) is 2. The molecule has 86 valence electrons. The van der Waals surface area contributed by atoms with E-state index < -0.39 is 0 Å². The maximum absolute atomic E-state index is 6.18. The molecule has 0 aliphatic carbocycles. The second-order valence-electron chi connectivity index (χ2n) is 3.61. The van der Waals surface area contributed by atoms with Gasteiger partial charge in [0.25, 0.3) is 0 Å². The molecule has 0 aliphatic rings. The molecule has 0 saturated heterocycles. The van der Waals surface area contributed by atoms with Crippen LogP contribution in [0.1, 0.15) is 5.89 Å². The van der Waals surface area contributed by atoms with Crippen molar-refractivity contribution in [2.45, 2.75) is 6.54 Å². The molecule has 0 unspecified atom stereocenters. The van der Waals surface area contributed by atoms with Crippen LogP contribution >= 0.6 is 11.6 Å². The number of nitrogens with two attached hydrogens (primary N) is 1. The minimum atomic E-state index is 0.218. The lowest BCUT2D eigenvalue weighted by Crippen LogP contribution is -1.95. The fourth-order valence-corrected chi connectivity index (χ4v) is 1.95. The van der Waals surface area contributed by atoms with Gasteiger partial charge in [-0.2, -0.15) is 4.98 Å². The summed E-state index contributed by atoms with van der Waals surface area (Å²) in [5, 5.41) is 5.47. The van der Waals surface area contributed by atoms with Crippen molar-refractivity contribution in [3.63, 3.8) is 0 Å². The van der Waals surface area contributed by atoms with Gasteiger partial charge in [-0.15, -0.1) is 0 Å². The van der Waals surface area contributed by atoms with Gasteiger partial charge in [-0.05, 0) is 18.2 Å². The van der Waals surface area contributed by atoms with Crippen molar-refractivity contribution < 1.29 is 4.52 Å². The molecule has 3 rings (SSSR count). The standard InChI is InChI=1S/C11H9ClN4O/c12-8-3-6-1-2-14-9(6)4-7(8)11-15-10(5-13)17-16-11/h1-4,14H,5,13H2. The first-order valence-electron chi connectivity index (χ1n) is 5.07. The topological polar surface area (TPSA) is 80.7 Å². The van der Waals surface area contributed by atoms with Crippen LogP contribution in [0, 0.1) is 0 Å². The zero-order chi connectivity index (χ0) is 11.8. The number of hydrogen-bond acceptors (Lipinski definition) is 4. The first kappa shape index (κ1) is 10.3. The highest BCUT2D eigenvalue weighted by molar-refractivity contribution is 6.34. The molecule has 0 radical (unpaired) electrons. The third-order valence-electron chi connectivity index (χ3n) is 2.52. The van der Waals surface area contributed by atoms with Gasteiger partial charge in [0.05, 0.1) is 11.6 Å². The normalized spacial score (nSPS) is 11.2. The van der Waals surface area contributed by atoms with Crippen molar-refractivity contribution in [1.29, 1.82) is 0 Å². The van der Waals surface area contributed by atoms with E-state index in [1.165, 1.54) is 0 Å². The minimum absolute atomic E-state index is 0.218. The number of hydrogen-bond donors (Lipinski definition) is 2. The minimum Gasteiger partial charge on any atom is -0.361 e. The number of benzene rings is 1. The van der Waals surface area contributed by atoms with E-state index >= 15 is 0 Å². The molecule has 3 N–H and O–H groups in total. The van der Waals surface area contributed by atoms with Crippen LogP contribution in [0.25, 0.3) is 22.3 Å². The Labute approximate surface area is 102 Å². The molecule has 0 fully saturated rings. The van der Waals surface area contributed by atoms with E-state index in [-0.39, 0.29) is 6.54 Å². The van der Waals surface area contributed by atoms with Gasteiger partial charge in [0.2, 0.25) is 11.7 Å². The van der Waals surface area contributed by atoms with Crippen molar-refractivity contribution in [2.24, 2.45) is 5.73 Å². The molecule has 6 heteroatoms. The Morgan fingerprint density at radius 3 is 3.06 bits per heavy atom. The zero-order valence-electron chi connectivity index (χ0n) is 8.77. The molecule has 0 atom stereocenters. The molecular weight excluding hydrogens is 240 g/mol. The van der Waals surface area contributed by atoms with Crippen LogP contribution in [-0.2, 0) is 6.54 Å². The molecule has 5 nitrogen and oxygen atoms in total. The van der Waals surface area contributed by atoms with E-state index in [4.69, 9.17) is 21.9 Å². The van der Waals surface area contributed by atoms with E-state index in [0.29, 0.717) is 16.7 Å². The lowest BCUT2D eigenvalue weighted by molar-refractivity contribution is 0.380. The van der Waals surface area contributed by atoms with Crippen molar-refractivity contribution >= 4 is 22.5 Å². The fourth-order valence-electron chi connectivity index (χ4n) is 1.69. The number of halogens is 1. The molecule has 17 heavy (non-hydrogen) atoms. The van der Waals surface area contributed by atoms with E-state index in [2.05, 4.69) is 15.1 Å². The Kier molecular flexibility index (Phi) is 2.35. The first-order chi connectivity index (χ1) is 8.28. The summed E-state index contributed by atoms with van der Waals surface area (Å²) in [7, 11) is 0. The Morgan fingerprint density at radius 1 is 1.41 bits per heavy atom. The predicted molar refractivity (Wildman–Crippen MR) is 64.5 cm³/mol. The molecule has 2 aromatic heterocycles. The van der Waals surface area contributed by atoms with Crippen LogP contribution in [0.4, 0.5) is 0 Å². The lowest BCUT2D eigenvalue weighted by atomic mass is 10.1. The molecular formula is C11H9ClN4O. The van der Waals surface area contributed by atoms with Crippen LogP contribution < -0.4 is 5.73 Å². The SMILES string of the molecule is NCc1nc(-c2cc3[nH]ccc3cc2Cl)no1. The molecule has 0 spiro atoms. The van der Waals surface area contributed by atoms with Gasteiger partial charge in [-0.1, -0.05) is 16.8 Å². The van der Waals surface area contributed by atoms with E-state index in [1.807, 2.05) is 24.4 Å². The van der Waals surface area contributed by atoms with E-state index in [9.17, 15) is 0 Å². The third kappa shape index (κ3) is 1.69. The Morgan fingerprint density at radius 2 is 2.29 bits per heavy atom. The van der Waals surface area contributed by atoms with Crippen LogP contribution in [0.15, 0.2) is 28.9 Å². The second-order valence-corrected chi connectivity index (χ2v) is 4.02. The molecule has 2 heterocycles. The smallest absolute Gasteiger partial charge is 0.240 e. The summed E-state index contributed by atoms with van der Waals surface area (Å²) in [6.07, 6.45) is 1.85. The molecule has 0 aliphatic heterocycles. The highest BCUT2D eigenvalue weighted by Crippen LogP contribution is 2.29. The van der Waals surface area contributed by atoms with Gasteiger partial charge in [0.15, 0.2) is 0 Å². The van der Waals surface area contributed by atoms with Gasteiger partial charge in [0.1, 0.15) is 0 Å². The summed E-state index contributed by atoms with van der Waals surface area (Å²) in [4.78, 5) is 7.26. The highest BCUT2D eigenvalue weighted by Gasteiger charge is 2.12. The van der Waals surface area contributed by atoms with Crippen molar-refractivity contribution in [2.75, 3.05) is 0 Å². The van der Waals surface area contributed by atoms with Gasteiger partial charge in [-0.25, -0.2) is 0 Å². The van der Waals surface area contributed by atoms with E-state index in [0.717, 1.165) is 16.5 Å². The summed E-state index contributed by atoms with van der Waals surface area (Å²) >= 11 is 6.18. The number of H-pyrrole nitrogens is 1. The van der Waals surface area contributed by atoms with Crippen LogP contribution in [0.2, 0.25) is 5.02 Å². The summed E-state index contributed by atoms with van der Waals surface area (Å²) in [6.45, 7) is 0.218. The summed E-state index contributed by atoms with van der Waals surface area (Å²) in [6, 6.07) is 5.70. The fraction of sp³-hybridized carbons (Fsp3) is 0.0909. The third-order valence-corrected chi connectivity index (χ3v) is 2.84. The number of aromatic amines is 1. The van der Waals surface area contributed by atoms with Crippen LogP contribution in [0.3, 0.4) is 0 Å². The number of fused-ring (bicyclic) bond motifs is 1. The maximum Gasteiger partial charge on any atom is 0.240 e. The number of rotatable bonds is 2. The maximum atomic E-state index is 6.18. The Bertz CT molecular complexity index is 673. The highest BCUT2D eigenvalue weighted by atomic mass is 35.5. The van der Waals surface area contributed by atoms with Crippen LogP contribution in [0.5, 0.6) is 0 Å². The molecule has 1 aromatic carbocycles. The van der Waals surface area contributed by atoms with E-state index in [1.54, 1.807) is 0 Å². The van der Waals surface area contributed by atoms with Crippen LogP contribution in [-0.4, -0.2) is 15.1 Å². The van der Waals surface area contributed by atoms with Crippen molar-refractivity contribution in [3.05, 3.63) is 35.3 Å². The second kappa shape index (κ2) is 3.87. The molecule has 3 aromatic rings. The van der Waals surface area contributed by atoms with Gasteiger partial charge in [0, 0.05) is 22.7 Å².